The molecular weight excluding hydrogens is 232 g/mol. The molecule has 98 valence electrons. The van der Waals surface area contributed by atoms with Crippen molar-refractivity contribution in [1.82, 2.24) is 9.78 Å². The van der Waals surface area contributed by atoms with Crippen molar-refractivity contribution in [2.45, 2.75) is 32.6 Å². The topological polar surface area (TPSA) is 55.9 Å². The van der Waals surface area contributed by atoms with Gasteiger partial charge in [0.05, 0.1) is 11.4 Å². The molecule has 0 saturated carbocycles. The molecule has 0 aliphatic carbocycles. The van der Waals surface area contributed by atoms with Crippen LogP contribution < -0.4 is 11.1 Å². The lowest BCUT2D eigenvalue weighted by Crippen LogP contribution is -2.08. The molecule has 0 aliphatic heterocycles. The van der Waals surface area contributed by atoms with Crippen LogP contribution in [0, 0.1) is 0 Å². The number of anilines is 2. The van der Waals surface area contributed by atoms with Crippen molar-refractivity contribution in [3.05, 3.63) is 5.69 Å². The SMILES string of the molecule is CCc1nn(C)c(NCCCCCSC)c1N. The Morgan fingerprint density at radius 3 is 2.71 bits per heavy atom. The number of rotatable bonds is 8. The van der Waals surface area contributed by atoms with Crippen molar-refractivity contribution < 1.29 is 0 Å². The maximum Gasteiger partial charge on any atom is 0.147 e. The molecule has 0 atom stereocenters. The number of hydrogen-bond donors (Lipinski definition) is 2. The fraction of sp³-hybridized carbons (Fsp3) is 0.750. The van der Waals surface area contributed by atoms with Crippen molar-refractivity contribution in [2.24, 2.45) is 7.05 Å². The fourth-order valence-corrected chi connectivity index (χ4v) is 2.31. The number of nitrogen functional groups attached to an aromatic ring is 1. The zero-order chi connectivity index (χ0) is 12.7. The Morgan fingerprint density at radius 1 is 1.35 bits per heavy atom. The average Bonchev–Trinajstić information content (AvgIpc) is 2.60. The van der Waals surface area contributed by atoms with Crippen LogP contribution in [-0.2, 0) is 13.5 Å². The molecule has 1 aromatic rings. The first-order valence-corrected chi connectivity index (χ1v) is 7.64. The van der Waals surface area contributed by atoms with Gasteiger partial charge in [-0.3, -0.25) is 4.68 Å². The van der Waals surface area contributed by atoms with Crippen LogP contribution in [-0.4, -0.2) is 28.3 Å². The minimum absolute atomic E-state index is 0.805. The molecule has 3 N–H and O–H groups in total. The molecule has 0 amide bonds. The molecule has 0 bridgehead atoms. The Kier molecular flexibility index (Phi) is 6.26. The summed E-state index contributed by atoms with van der Waals surface area (Å²) in [5, 5.41) is 7.76. The highest BCUT2D eigenvalue weighted by Gasteiger charge is 2.10. The van der Waals surface area contributed by atoms with Crippen LogP contribution >= 0.6 is 11.8 Å². The van der Waals surface area contributed by atoms with Gasteiger partial charge in [0.1, 0.15) is 5.82 Å². The zero-order valence-electron chi connectivity index (χ0n) is 11.1. The molecule has 0 aliphatic rings. The molecule has 0 spiro atoms. The molecule has 1 aromatic heterocycles. The number of nitrogens with two attached hydrogens (primary N) is 1. The number of aromatic nitrogens is 2. The Balaban J connectivity index is 2.34. The summed E-state index contributed by atoms with van der Waals surface area (Å²) in [7, 11) is 1.94. The summed E-state index contributed by atoms with van der Waals surface area (Å²) >= 11 is 1.91. The molecule has 1 heterocycles. The number of unbranched alkanes of at least 4 members (excludes halogenated alkanes) is 2. The Morgan fingerprint density at radius 2 is 2.12 bits per heavy atom. The third-order valence-corrected chi connectivity index (χ3v) is 3.51. The van der Waals surface area contributed by atoms with E-state index in [0.717, 1.165) is 30.2 Å². The van der Waals surface area contributed by atoms with Crippen LogP contribution in [0.2, 0.25) is 0 Å². The number of aryl methyl sites for hydroxylation is 2. The van der Waals surface area contributed by atoms with Crippen LogP contribution in [0.4, 0.5) is 11.5 Å². The second-order valence-electron chi connectivity index (χ2n) is 4.17. The Bertz CT molecular complexity index is 335. The second-order valence-corrected chi connectivity index (χ2v) is 5.15. The first-order chi connectivity index (χ1) is 8.20. The van der Waals surface area contributed by atoms with E-state index in [0.29, 0.717) is 0 Å². The van der Waals surface area contributed by atoms with Crippen LogP contribution in [0.5, 0.6) is 0 Å². The van der Waals surface area contributed by atoms with Crippen molar-refractivity contribution in [2.75, 3.05) is 29.6 Å². The molecule has 0 fully saturated rings. The van der Waals surface area contributed by atoms with Crippen molar-refractivity contribution in [3.8, 4) is 0 Å². The molecule has 1 rings (SSSR count). The van der Waals surface area contributed by atoms with E-state index in [9.17, 15) is 0 Å². The van der Waals surface area contributed by atoms with Gasteiger partial charge in [0, 0.05) is 13.6 Å². The third kappa shape index (κ3) is 4.15. The summed E-state index contributed by atoms with van der Waals surface area (Å²) in [6.45, 7) is 3.05. The quantitative estimate of drug-likeness (QED) is 0.702. The smallest absolute Gasteiger partial charge is 0.147 e. The van der Waals surface area contributed by atoms with Gasteiger partial charge in [-0.1, -0.05) is 13.3 Å². The van der Waals surface area contributed by atoms with E-state index < -0.39 is 0 Å². The monoisotopic (exact) mass is 256 g/mol. The largest absolute Gasteiger partial charge is 0.394 e. The summed E-state index contributed by atoms with van der Waals surface area (Å²) in [5.41, 5.74) is 7.82. The number of nitrogens with one attached hydrogen (secondary N) is 1. The third-order valence-electron chi connectivity index (χ3n) is 2.81. The molecule has 0 saturated heterocycles. The van der Waals surface area contributed by atoms with E-state index in [4.69, 9.17) is 5.73 Å². The summed E-state index contributed by atoms with van der Waals surface area (Å²) < 4.78 is 1.84. The van der Waals surface area contributed by atoms with E-state index in [-0.39, 0.29) is 0 Å². The van der Waals surface area contributed by atoms with Gasteiger partial charge in [-0.25, -0.2) is 0 Å². The van der Waals surface area contributed by atoms with Crippen LogP contribution in [0.1, 0.15) is 31.9 Å². The molecule has 4 nitrogen and oxygen atoms in total. The van der Waals surface area contributed by atoms with Gasteiger partial charge in [-0.2, -0.15) is 16.9 Å². The lowest BCUT2D eigenvalue weighted by molar-refractivity contribution is 0.723. The standard InChI is InChI=1S/C12H24N4S/c1-4-10-11(13)12(16(2)15-10)14-8-6-5-7-9-17-3/h14H,4-9,13H2,1-3H3. The van der Waals surface area contributed by atoms with Crippen LogP contribution in [0.15, 0.2) is 0 Å². The highest BCUT2D eigenvalue weighted by molar-refractivity contribution is 7.98. The van der Waals surface area contributed by atoms with Gasteiger partial charge in [0.15, 0.2) is 0 Å². The second kappa shape index (κ2) is 7.48. The molecular formula is C12H24N4S. The minimum Gasteiger partial charge on any atom is -0.394 e. The molecule has 5 heteroatoms. The number of hydrogen-bond acceptors (Lipinski definition) is 4. The number of thioether (sulfide) groups is 1. The molecule has 17 heavy (non-hydrogen) atoms. The minimum atomic E-state index is 0.805. The number of nitrogens with zero attached hydrogens (tertiary/aromatic N) is 2. The van der Waals surface area contributed by atoms with Gasteiger partial charge < -0.3 is 11.1 Å². The predicted octanol–water partition coefficient (Wildman–Crippen LogP) is 2.51. The highest BCUT2D eigenvalue weighted by atomic mass is 32.2. The lowest BCUT2D eigenvalue weighted by Gasteiger charge is -2.07. The van der Waals surface area contributed by atoms with E-state index in [1.807, 2.05) is 23.5 Å². The summed E-state index contributed by atoms with van der Waals surface area (Å²) in [6.07, 6.45) is 6.79. The van der Waals surface area contributed by atoms with Gasteiger partial charge >= 0.3 is 0 Å². The van der Waals surface area contributed by atoms with Crippen molar-refractivity contribution in [3.63, 3.8) is 0 Å². The van der Waals surface area contributed by atoms with Crippen molar-refractivity contribution in [1.29, 1.82) is 0 Å². The van der Waals surface area contributed by atoms with E-state index >= 15 is 0 Å². The first-order valence-electron chi connectivity index (χ1n) is 6.24. The van der Waals surface area contributed by atoms with E-state index in [1.165, 1.54) is 25.0 Å². The normalized spacial score (nSPS) is 10.8. The highest BCUT2D eigenvalue weighted by Crippen LogP contribution is 2.22. The molecule has 0 radical (unpaired) electrons. The predicted molar refractivity (Wildman–Crippen MR) is 77.7 cm³/mol. The zero-order valence-corrected chi connectivity index (χ0v) is 11.9. The average molecular weight is 256 g/mol. The summed E-state index contributed by atoms with van der Waals surface area (Å²) in [5.74, 6) is 2.22. The Hall–Kier alpha value is -0.840. The van der Waals surface area contributed by atoms with Gasteiger partial charge in [0.2, 0.25) is 0 Å². The van der Waals surface area contributed by atoms with Crippen molar-refractivity contribution >= 4 is 23.3 Å². The first kappa shape index (κ1) is 14.2. The summed E-state index contributed by atoms with van der Waals surface area (Å²) in [4.78, 5) is 0. The lowest BCUT2D eigenvalue weighted by atomic mass is 10.2. The maximum atomic E-state index is 6.03. The van der Waals surface area contributed by atoms with Gasteiger partial charge in [-0.05, 0) is 31.3 Å². The molecule has 0 unspecified atom stereocenters. The van der Waals surface area contributed by atoms with Crippen LogP contribution in [0.25, 0.3) is 0 Å². The van der Waals surface area contributed by atoms with Gasteiger partial charge in [0.25, 0.3) is 0 Å². The Labute approximate surface area is 108 Å². The summed E-state index contributed by atoms with van der Waals surface area (Å²) in [6, 6.07) is 0. The van der Waals surface area contributed by atoms with E-state index in [2.05, 4.69) is 23.6 Å². The van der Waals surface area contributed by atoms with E-state index in [1.54, 1.807) is 0 Å². The maximum absolute atomic E-state index is 6.03. The van der Waals surface area contributed by atoms with Crippen LogP contribution in [0.3, 0.4) is 0 Å². The van der Waals surface area contributed by atoms with Gasteiger partial charge in [-0.15, -0.1) is 0 Å². The molecule has 0 aromatic carbocycles. The fourth-order valence-electron chi connectivity index (χ4n) is 1.82.